The first kappa shape index (κ1) is 20.5. The van der Waals surface area contributed by atoms with Crippen molar-refractivity contribution in [2.24, 2.45) is 0 Å². The van der Waals surface area contributed by atoms with E-state index in [2.05, 4.69) is 27.6 Å². The molecular formula is C26H20IN3O2. The van der Waals surface area contributed by atoms with Gasteiger partial charge in [0.2, 0.25) is 0 Å². The normalized spacial score (nSPS) is 11.6. The van der Waals surface area contributed by atoms with Crippen molar-refractivity contribution in [3.05, 3.63) is 97.7 Å². The van der Waals surface area contributed by atoms with Gasteiger partial charge >= 0.3 is 0 Å². The van der Waals surface area contributed by atoms with Crippen LogP contribution in [0.3, 0.4) is 0 Å². The van der Waals surface area contributed by atoms with Crippen molar-refractivity contribution in [2.75, 3.05) is 7.11 Å². The van der Waals surface area contributed by atoms with Crippen LogP contribution in [0.15, 0.2) is 71.7 Å². The molecule has 0 amide bonds. The second-order valence-corrected chi connectivity index (χ2v) is 8.84. The topological polar surface area (TPSA) is 59.9 Å². The Morgan fingerprint density at radius 3 is 2.59 bits per heavy atom. The zero-order chi connectivity index (χ0) is 22.2. The third-order valence-corrected chi connectivity index (χ3v) is 6.15. The van der Waals surface area contributed by atoms with E-state index in [4.69, 9.17) is 9.72 Å². The Morgan fingerprint density at radius 2 is 1.81 bits per heavy atom. The van der Waals surface area contributed by atoms with Crippen LogP contribution in [0.4, 0.5) is 0 Å². The van der Waals surface area contributed by atoms with E-state index in [0.717, 1.165) is 37.0 Å². The maximum Gasteiger partial charge on any atom is 0.266 e. The molecule has 0 fully saturated rings. The number of halogens is 1. The molecule has 0 atom stereocenters. The van der Waals surface area contributed by atoms with Crippen molar-refractivity contribution in [3.8, 4) is 11.4 Å². The van der Waals surface area contributed by atoms with Crippen molar-refractivity contribution < 1.29 is 4.74 Å². The largest absolute Gasteiger partial charge is 0.497 e. The van der Waals surface area contributed by atoms with Crippen LogP contribution < -0.4 is 10.3 Å². The molecule has 0 aliphatic rings. The average molecular weight is 533 g/mol. The monoisotopic (exact) mass is 533 g/mol. The lowest BCUT2D eigenvalue weighted by Gasteiger charge is -2.12. The lowest BCUT2D eigenvalue weighted by atomic mass is 10.1. The number of methoxy groups -OCH3 is 1. The number of aryl methyl sites for hydroxylation is 1. The van der Waals surface area contributed by atoms with Gasteiger partial charge in [-0.25, -0.2) is 4.98 Å². The Labute approximate surface area is 198 Å². The van der Waals surface area contributed by atoms with Crippen molar-refractivity contribution in [1.82, 2.24) is 14.5 Å². The highest BCUT2D eigenvalue weighted by atomic mass is 127. The minimum atomic E-state index is -0.0855. The zero-order valence-corrected chi connectivity index (χ0v) is 19.8. The van der Waals surface area contributed by atoms with E-state index in [1.807, 2.05) is 85.9 Å². The van der Waals surface area contributed by atoms with E-state index in [0.29, 0.717) is 16.7 Å². The van der Waals surface area contributed by atoms with Crippen molar-refractivity contribution >= 4 is 56.5 Å². The van der Waals surface area contributed by atoms with Gasteiger partial charge in [-0.1, -0.05) is 17.7 Å². The summed E-state index contributed by atoms with van der Waals surface area (Å²) in [6.45, 7) is 2.03. The fraction of sp³-hybridized carbons (Fsp3) is 0.0769. The third-order valence-electron chi connectivity index (χ3n) is 5.48. The molecule has 0 saturated carbocycles. The molecule has 2 aromatic heterocycles. The number of hydrogen-bond acceptors (Lipinski definition) is 3. The Morgan fingerprint density at radius 1 is 1.00 bits per heavy atom. The maximum atomic E-state index is 13.5. The number of nitrogens with zero attached hydrogens (tertiary/aromatic N) is 2. The molecule has 0 aliphatic heterocycles. The van der Waals surface area contributed by atoms with Gasteiger partial charge < -0.3 is 9.72 Å². The number of hydrogen-bond donors (Lipinski definition) is 1. The Hall–Kier alpha value is -3.39. The van der Waals surface area contributed by atoms with Gasteiger partial charge in [0.15, 0.2) is 0 Å². The van der Waals surface area contributed by atoms with Gasteiger partial charge in [-0.15, -0.1) is 0 Å². The van der Waals surface area contributed by atoms with Crippen LogP contribution in [-0.2, 0) is 0 Å². The number of ether oxygens (including phenoxy) is 1. The molecule has 158 valence electrons. The molecule has 2 heterocycles. The van der Waals surface area contributed by atoms with Crippen LogP contribution in [0.2, 0.25) is 0 Å². The van der Waals surface area contributed by atoms with Crippen LogP contribution in [-0.4, -0.2) is 21.6 Å². The molecule has 0 radical (unpaired) electrons. The van der Waals surface area contributed by atoms with E-state index >= 15 is 0 Å². The lowest BCUT2D eigenvalue weighted by molar-refractivity contribution is 0.415. The average Bonchev–Trinajstić information content (AvgIpc) is 3.21. The number of H-pyrrole nitrogens is 1. The molecule has 0 spiro atoms. The second kappa shape index (κ2) is 8.27. The molecule has 0 bridgehead atoms. The van der Waals surface area contributed by atoms with Crippen molar-refractivity contribution in [1.29, 1.82) is 0 Å². The van der Waals surface area contributed by atoms with Gasteiger partial charge in [-0.3, -0.25) is 9.36 Å². The SMILES string of the molecule is COc1ccc2[nH]cc(C=Cc3nc4ccc(I)cc4c(=O)n3-c3ccc(C)cc3)c2c1. The molecule has 5 nitrogen and oxygen atoms in total. The van der Waals surface area contributed by atoms with E-state index in [9.17, 15) is 4.79 Å². The Bertz CT molecular complexity index is 1550. The number of rotatable bonds is 4. The molecule has 5 aromatic rings. The van der Waals surface area contributed by atoms with Gasteiger partial charge in [0, 0.05) is 26.2 Å². The summed E-state index contributed by atoms with van der Waals surface area (Å²) in [7, 11) is 1.66. The highest BCUT2D eigenvalue weighted by Crippen LogP contribution is 2.25. The number of benzene rings is 3. The summed E-state index contributed by atoms with van der Waals surface area (Å²) in [6, 6.07) is 19.6. The van der Waals surface area contributed by atoms with E-state index < -0.39 is 0 Å². The van der Waals surface area contributed by atoms with Crippen LogP contribution >= 0.6 is 22.6 Å². The predicted molar refractivity (Wildman–Crippen MR) is 139 cm³/mol. The molecule has 1 N–H and O–H groups in total. The summed E-state index contributed by atoms with van der Waals surface area (Å²) in [5, 5.41) is 1.65. The minimum Gasteiger partial charge on any atom is -0.497 e. The van der Waals surface area contributed by atoms with Gasteiger partial charge in [-0.05, 0) is 90.2 Å². The molecule has 6 heteroatoms. The number of aromatic nitrogens is 3. The molecule has 0 unspecified atom stereocenters. The number of fused-ring (bicyclic) bond motifs is 2. The Balaban J connectivity index is 1.71. The molecule has 5 rings (SSSR count). The summed E-state index contributed by atoms with van der Waals surface area (Å²) in [5.74, 6) is 1.37. The van der Waals surface area contributed by atoms with Crippen LogP contribution in [0.1, 0.15) is 17.0 Å². The summed E-state index contributed by atoms with van der Waals surface area (Å²) in [5.41, 5.74) is 4.52. The fourth-order valence-corrected chi connectivity index (χ4v) is 4.27. The van der Waals surface area contributed by atoms with Gasteiger partial charge in [0.1, 0.15) is 11.6 Å². The molecular weight excluding hydrogens is 513 g/mol. The molecule has 32 heavy (non-hydrogen) atoms. The first-order valence-electron chi connectivity index (χ1n) is 10.2. The van der Waals surface area contributed by atoms with Crippen LogP contribution in [0.25, 0.3) is 39.6 Å². The van der Waals surface area contributed by atoms with E-state index in [-0.39, 0.29) is 5.56 Å². The molecule has 0 aliphatic carbocycles. The highest BCUT2D eigenvalue weighted by Gasteiger charge is 2.12. The first-order valence-corrected chi connectivity index (χ1v) is 11.2. The zero-order valence-electron chi connectivity index (χ0n) is 17.6. The standard InChI is InChI=1S/C26H20IN3O2/c1-16-3-7-19(8-4-16)30-25(29-24-10-6-18(27)13-22(24)26(30)31)12-5-17-15-28-23-11-9-20(32-2)14-21(17)23/h3-15,28H,1-2H3. The minimum absolute atomic E-state index is 0.0855. The van der Waals surface area contributed by atoms with Crippen LogP contribution in [0, 0.1) is 10.5 Å². The third kappa shape index (κ3) is 3.71. The van der Waals surface area contributed by atoms with Crippen molar-refractivity contribution in [2.45, 2.75) is 6.92 Å². The van der Waals surface area contributed by atoms with E-state index in [1.54, 1.807) is 11.7 Å². The van der Waals surface area contributed by atoms with Gasteiger partial charge in [-0.2, -0.15) is 0 Å². The molecule has 3 aromatic carbocycles. The summed E-state index contributed by atoms with van der Waals surface area (Å²) in [6.07, 6.45) is 5.81. The first-order chi connectivity index (χ1) is 15.5. The summed E-state index contributed by atoms with van der Waals surface area (Å²) in [4.78, 5) is 21.6. The van der Waals surface area contributed by atoms with Gasteiger partial charge in [0.05, 0.1) is 23.7 Å². The predicted octanol–water partition coefficient (Wildman–Crippen LogP) is 5.96. The second-order valence-electron chi connectivity index (χ2n) is 7.60. The van der Waals surface area contributed by atoms with E-state index in [1.165, 1.54) is 0 Å². The Kier molecular flexibility index (Phi) is 5.30. The highest BCUT2D eigenvalue weighted by molar-refractivity contribution is 14.1. The fourth-order valence-electron chi connectivity index (χ4n) is 3.78. The van der Waals surface area contributed by atoms with Crippen molar-refractivity contribution in [3.63, 3.8) is 0 Å². The smallest absolute Gasteiger partial charge is 0.266 e. The number of aromatic amines is 1. The van der Waals surface area contributed by atoms with Crippen LogP contribution in [0.5, 0.6) is 5.75 Å². The summed E-state index contributed by atoms with van der Waals surface area (Å²) < 4.78 is 8.04. The lowest BCUT2D eigenvalue weighted by Crippen LogP contribution is -2.22. The quantitative estimate of drug-likeness (QED) is 0.290. The summed E-state index contributed by atoms with van der Waals surface area (Å²) >= 11 is 2.22. The van der Waals surface area contributed by atoms with Gasteiger partial charge in [0.25, 0.3) is 5.56 Å². The maximum absolute atomic E-state index is 13.5. The number of nitrogens with one attached hydrogen (secondary N) is 1. The molecule has 0 saturated heterocycles.